The van der Waals surface area contributed by atoms with E-state index in [1.807, 2.05) is 12.1 Å². The first kappa shape index (κ1) is 31.1. The molecule has 8 aromatic carbocycles. The highest BCUT2D eigenvalue weighted by molar-refractivity contribution is 6.26. The van der Waals surface area contributed by atoms with Crippen LogP contribution in [-0.2, 0) is 0 Å². The molecule has 54 heavy (non-hydrogen) atoms. The minimum Gasteiger partial charge on any atom is -0.309 e. The van der Waals surface area contributed by atoms with Gasteiger partial charge in [-0.15, -0.1) is 0 Å². The molecule has 0 saturated carbocycles. The van der Waals surface area contributed by atoms with Crippen LogP contribution in [-0.4, -0.2) is 9.13 Å². The summed E-state index contributed by atoms with van der Waals surface area (Å²) in [5.74, 6) is 0. The summed E-state index contributed by atoms with van der Waals surface area (Å²) in [5, 5.41) is 25.3. The van der Waals surface area contributed by atoms with Crippen LogP contribution in [0.5, 0.6) is 0 Å². The van der Waals surface area contributed by atoms with Gasteiger partial charge in [0.2, 0.25) is 0 Å². The Hall–Kier alpha value is -7.66. The van der Waals surface area contributed by atoms with Crippen molar-refractivity contribution in [2.24, 2.45) is 0 Å². The summed E-state index contributed by atoms with van der Waals surface area (Å²) in [6.45, 7) is 0. The van der Waals surface area contributed by atoms with E-state index >= 15 is 0 Å². The van der Waals surface area contributed by atoms with Crippen molar-refractivity contribution in [3.63, 3.8) is 0 Å². The Kier molecular flexibility index (Phi) is 7.22. The molecule has 0 amide bonds. The first-order chi connectivity index (χ1) is 26.7. The molecule has 0 spiro atoms. The average Bonchev–Trinajstić information content (AvgIpc) is 3.76. The van der Waals surface area contributed by atoms with Crippen molar-refractivity contribution in [2.45, 2.75) is 0 Å². The summed E-state index contributed by atoms with van der Waals surface area (Å²) in [7, 11) is 0. The molecular formula is C50H30N4. The maximum atomic E-state index is 10.3. The minimum atomic E-state index is 0.466. The molecular weight excluding hydrogens is 657 g/mol. The van der Waals surface area contributed by atoms with Gasteiger partial charge in [0.15, 0.2) is 0 Å². The Labute approximate surface area is 312 Å². The topological polar surface area (TPSA) is 57.4 Å². The van der Waals surface area contributed by atoms with Gasteiger partial charge in [-0.05, 0) is 71.3 Å². The number of hydrogen-bond acceptors (Lipinski definition) is 2. The summed E-state index contributed by atoms with van der Waals surface area (Å²) in [5.41, 5.74) is 13.1. The number of nitriles is 2. The number of benzene rings is 8. The van der Waals surface area contributed by atoms with Gasteiger partial charge in [-0.2, -0.15) is 10.5 Å². The average molecular weight is 687 g/mol. The Morgan fingerprint density at radius 3 is 1.50 bits per heavy atom. The molecule has 250 valence electrons. The monoisotopic (exact) mass is 686 g/mol. The van der Waals surface area contributed by atoms with Crippen LogP contribution in [0, 0.1) is 22.7 Å². The molecule has 10 rings (SSSR count). The lowest BCUT2D eigenvalue weighted by molar-refractivity contribution is 1.18. The van der Waals surface area contributed by atoms with Crippen molar-refractivity contribution < 1.29 is 0 Å². The highest BCUT2D eigenvalue weighted by atomic mass is 15.0. The summed E-state index contributed by atoms with van der Waals surface area (Å²) in [4.78, 5) is 0. The normalized spacial score (nSPS) is 11.3. The molecule has 0 atom stereocenters. The fourth-order valence-corrected chi connectivity index (χ4v) is 8.34. The van der Waals surface area contributed by atoms with Crippen molar-refractivity contribution in [3.8, 4) is 56.9 Å². The van der Waals surface area contributed by atoms with E-state index in [-0.39, 0.29) is 0 Å². The molecule has 2 aromatic heterocycles. The molecule has 0 fully saturated rings. The van der Waals surface area contributed by atoms with E-state index in [1.165, 1.54) is 16.2 Å². The maximum Gasteiger partial charge on any atom is 0.0998 e. The number of aromatic nitrogens is 2. The van der Waals surface area contributed by atoms with E-state index in [0.717, 1.165) is 66.6 Å². The molecule has 4 heteroatoms. The summed E-state index contributed by atoms with van der Waals surface area (Å²) in [6, 6.07) is 67.8. The molecule has 0 bridgehead atoms. The Morgan fingerprint density at radius 2 is 0.907 bits per heavy atom. The standard InChI is InChI=1S/C50H30N4/c51-31-35-19-14-20-36(32-52)47(35)37-29-42(33-15-4-1-5-16-33)49(43(30-37)34-17-6-2-7-18-34)54-45-26-13-11-24-41(45)48-46(54)28-27-40-39-23-10-12-25-44(39)53(50(40)48)38-21-8-3-9-22-38/h1-30H. The van der Waals surface area contributed by atoms with Crippen LogP contribution < -0.4 is 0 Å². The fourth-order valence-electron chi connectivity index (χ4n) is 8.34. The van der Waals surface area contributed by atoms with E-state index in [0.29, 0.717) is 16.7 Å². The molecule has 0 aliphatic rings. The minimum absolute atomic E-state index is 0.466. The number of nitrogens with zero attached hydrogens (tertiary/aromatic N) is 4. The highest BCUT2D eigenvalue weighted by Gasteiger charge is 2.25. The molecule has 0 saturated heterocycles. The third-order valence-electron chi connectivity index (χ3n) is 10.6. The third-order valence-corrected chi connectivity index (χ3v) is 10.6. The number of hydrogen-bond donors (Lipinski definition) is 0. The quantitative estimate of drug-likeness (QED) is 0.181. The molecule has 10 aromatic rings. The smallest absolute Gasteiger partial charge is 0.0998 e. The largest absolute Gasteiger partial charge is 0.309 e. The van der Waals surface area contributed by atoms with Crippen molar-refractivity contribution >= 4 is 43.6 Å². The second-order valence-electron chi connectivity index (χ2n) is 13.5. The predicted molar refractivity (Wildman–Crippen MR) is 221 cm³/mol. The first-order valence-electron chi connectivity index (χ1n) is 18.0. The lowest BCUT2D eigenvalue weighted by Gasteiger charge is -2.22. The summed E-state index contributed by atoms with van der Waals surface area (Å²) >= 11 is 0. The molecule has 0 unspecified atom stereocenters. The van der Waals surface area contributed by atoms with E-state index < -0.39 is 0 Å². The van der Waals surface area contributed by atoms with E-state index in [9.17, 15) is 10.5 Å². The van der Waals surface area contributed by atoms with Crippen molar-refractivity contribution in [2.75, 3.05) is 0 Å². The van der Waals surface area contributed by atoms with Crippen LogP contribution >= 0.6 is 0 Å². The molecule has 2 heterocycles. The van der Waals surface area contributed by atoms with Crippen molar-refractivity contribution in [1.29, 1.82) is 10.5 Å². The maximum absolute atomic E-state index is 10.3. The Bertz CT molecular complexity index is 3060. The third kappa shape index (κ3) is 4.68. The van der Waals surface area contributed by atoms with Gasteiger partial charge in [0.05, 0.1) is 51.0 Å². The van der Waals surface area contributed by atoms with Gasteiger partial charge in [0, 0.05) is 43.9 Å². The zero-order chi connectivity index (χ0) is 36.2. The first-order valence-corrected chi connectivity index (χ1v) is 18.0. The molecule has 0 aliphatic heterocycles. The van der Waals surface area contributed by atoms with E-state index in [1.54, 1.807) is 18.2 Å². The fraction of sp³-hybridized carbons (Fsp3) is 0. The Balaban J connectivity index is 1.42. The second-order valence-corrected chi connectivity index (χ2v) is 13.5. The lowest BCUT2D eigenvalue weighted by Crippen LogP contribution is -2.02. The van der Waals surface area contributed by atoms with Crippen LogP contribution in [0.1, 0.15) is 11.1 Å². The van der Waals surface area contributed by atoms with Crippen molar-refractivity contribution in [3.05, 3.63) is 193 Å². The van der Waals surface area contributed by atoms with Gasteiger partial charge in [0.25, 0.3) is 0 Å². The van der Waals surface area contributed by atoms with Crippen LogP contribution in [0.2, 0.25) is 0 Å². The van der Waals surface area contributed by atoms with Gasteiger partial charge in [-0.3, -0.25) is 0 Å². The van der Waals surface area contributed by atoms with Gasteiger partial charge in [-0.1, -0.05) is 127 Å². The SMILES string of the molecule is N#Cc1cccc(C#N)c1-c1cc(-c2ccccc2)c(-n2c3ccccc3c3c2ccc2c4ccccc4n(-c4ccccc4)c23)c(-c2ccccc2)c1. The van der Waals surface area contributed by atoms with Crippen LogP contribution in [0.25, 0.3) is 88.4 Å². The number of fused-ring (bicyclic) bond motifs is 7. The predicted octanol–water partition coefficient (Wildman–Crippen LogP) is 12.6. The van der Waals surface area contributed by atoms with Gasteiger partial charge in [0.1, 0.15) is 0 Å². The highest BCUT2D eigenvalue weighted by Crippen LogP contribution is 2.47. The lowest BCUT2D eigenvalue weighted by atomic mass is 9.88. The molecule has 0 aliphatic carbocycles. The number of para-hydroxylation sites is 3. The van der Waals surface area contributed by atoms with Crippen LogP contribution in [0.4, 0.5) is 0 Å². The van der Waals surface area contributed by atoms with Crippen LogP contribution in [0.3, 0.4) is 0 Å². The Morgan fingerprint density at radius 1 is 0.389 bits per heavy atom. The van der Waals surface area contributed by atoms with Crippen LogP contribution in [0.15, 0.2) is 182 Å². The summed E-state index contributed by atoms with van der Waals surface area (Å²) < 4.78 is 4.83. The van der Waals surface area contributed by atoms with Gasteiger partial charge < -0.3 is 9.13 Å². The summed E-state index contributed by atoms with van der Waals surface area (Å²) in [6.07, 6.45) is 0. The molecule has 0 radical (unpaired) electrons. The zero-order valence-electron chi connectivity index (χ0n) is 29.1. The molecule has 4 nitrogen and oxygen atoms in total. The number of rotatable bonds is 5. The zero-order valence-corrected chi connectivity index (χ0v) is 29.1. The van der Waals surface area contributed by atoms with Crippen molar-refractivity contribution in [1.82, 2.24) is 9.13 Å². The molecule has 0 N–H and O–H groups in total. The van der Waals surface area contributed by atoms with E-state index in [4.69, 9.17) is 0 Å². The second kappa shape index (κ2) is 12.5. The van der Waals surface area contributed by atoms with Gasteiger partial charge >= 0.3 is 0 Å². The van der Waals surface area contributed by atoms with E-state index in [2.05, 4.69) is 173 Å². The van der Waals surface area contributed by atoms with Gasteiger partial charge in [-0.25, -0.2) is 0 Å².